The summed E-state index contributed by atoms with van der Waals surface area (Å²) in [7, 11) is 1.80. The third-order valence-corrected chi connectivity index (χ3v) is 4.87. The number of carbonyl (C=O) groups is 1. The molecule has 0 amide bonds. The molecule has 0 aliphatic carbocycles. The molecular weight excluding hydrogens is 354 g/mol. The van der Waals surface area contributed by atoms with Crippen molar-refractivity contribution in [1.29, 1.82) is 0 Å². The summed E-state index contributed by atoms with van der Waals surface area (Å²) in [6, 6.07) is 9.75. The van der Waals surface area contributed by atoms with Crippen LogP contribution in [-0.2, 0) is 16.1 Å². The van der Waals surface area contributed by atoms with E-state index in [-0.39, 0.29) is 12.6 Å². The fourth-order valence-electron chi connectivity index (χ4n) is 2.91. The summed E-state index contributed by atoms with van der Waals surface area (Å²) in [4.78, 5) is 19.1. The highest BCUT2D eigenvalue weighted by atomic mass is 32.2. The molecule has 7 nitrogen and oxygen atoms in total. The van der Waals surface area contributed by atoms with Crippen molar-refractivity contribution in [3.8, 4) is 0 Å². The van der Waals surface area contributed by atoms with Gasteiger partial charge in [-0.3, -0.25) is 14.6 Å². The molecule has 1 N–H and O–H groups in total. The lowest BCUT2D eigenvalue weighted by atomic mass is 10.2. The van der Waals surface area contributed by atoms with Crippen LogP contribution < -0.4 is 0 Å². The van der Waals surface area contributed by atoms with Gasteiger partial charge in [0, 0.05) is 25.8 Å². The van der Waals surface area contributed by atoms with Crippen LogP contribution in [-0.4, -0.2) is 71.8 Å². The highest BCUT2D eigenvalue weighted by Crippen LogP contribution is 2.28. The lowest BCUT2D eigenvalue weighted by Gasteiger charge is -2.34. The first kappa shape index (κ1) is 18.9. The Hall–Kier alpha value is -1.87. The van der Waals surface area contributed by atoms with Crippen LogP contribution in [0.3, 0.4) is 0 Å². The largest absolute Gasteiger partial charge is 0.480 e. The highest BCUT2D eigenvalue weighted by Gasteiger charge is 2.23. The Morgan fingerprint density at radius 3 is 3.08 bits per heavy atom. The van der Waals surface area contributed by atoms with E-state index in [9.17, 15) is 4.79 Å². The second-order valence-electron chi connectivity index (χ2n) is 6.31. The maximum Gasteiger partial charge on any atom is 0.317 e. The normalized spacial score (nSPS) is 18.3. The number of aromatic nitrogens is 1. The molecule has 0 radical (unpaired) electrons. The minimum Gasteiger partial charge on any atom is -0.480 e. The van der Waals surface area contributed by atoms with Gasteiger partial charge in [0.05, 0.1) is 25.8 Å². The molecule has 0 aromatic carbocycles. The van der Waals surface area contributed by atoms with E-state index < -0.39 is 5.97 Å². The van der Waals surface area contributed by atoms with E-state index in [1.165, 1.54) is 11.8 Å². The lowest BCUT2D eigenvalue weighted by molar-refractivity contribution is -0.138. The van der Waals surface area contributed by atoms with E-state index in [1.807, 2.05) is 30.3 Å². The molecule has 140 valence electrons. The summed E-state index contributed by atoms with van der Waals surface area (Å²) in [5, 5.41) is 10.6. The van der Waals surface area contributed by atoms with Crippen molar-refractivity contribution in [2.45, 2.75) is 22.8 Å². The molecule has 0 spiro atoms. The van der Waals surface area contributed by atoms with E-state index in [4.69, 9.17) is 14.3 Å². The van der Waals surface area contributed by atoms with Crippen LogP contribution in [0.2, 0.25) is 0 Å². The molecule has 0 bridgehead atoms. The molecule has 1 fully saturated rings. The second-order valence-corrected chi connectivity index (χ2v) is 7.33. The highest BCUT2D eigenvalue weighted by molar-refractivity contribution is 7.99. The number of rotatable bonds is 8. The number of carboxylic acid groups (broad SMARTS) is 1. The molecule has 1 aliphatic rings. The number of hydrogen-bond donors (Lipinski definition) is 1. The Balaban J connectivity index is 1.50. The zero-order valence-corrected chi connectivity index (χ0v) is 15.5. The monoisotopic (exact) mass is 377 g/mol. The molecule has 3 rings (SSSR count). The lowest BCUT2D eigenvalue weighted by Crippen LogP contribution is -2.47. The molecule has 1 saturated heterocycles. The van der Waals surface area contributed by atoms with Crippen LogP contribution in [0.4, 0.5) is 0 Å². The molecule has 1 atom stereocenters. The Morgan fingerprint density at radius 2 is 2.31 bits per heavy atom. The number of morpholine rings is 1. The number of ether oxygens (including phenoxy) is 1. The first-order chi connectivity index (χ1) is 12.6. The first-order valence-corrected chi connectivity index (χ1v) is 9.32. The van der Waals surface area contributed by atoms with Gasteiger partial charge in [0.25, 0.3) is 0 Å². The van der Waals surface area contributed by atoms with Crippen molar-refractivity contribution in [3.63, 3.8) is 0 Å². The van der Waals surface area contributed by atoms with Gasteiger partial charge in [-0.1, -0.05) is 6.07 Å². The number of furan rings is 1. The van der Waals surface area contributed by atoms with E-state index in [2.05, 4.69) is 9.88 Å². The Morgan fingerprint density at radius 1 is 1.42 bits per heavy atom. The quantitative estimate of drug-likeness (QED) is 0.749. The zero-order valence-electron chi connectivity index (χ0n) is 14.7. The van der Waals surface area contributed by atoms with Crippen LogP contribution in [0.15, 0.2) is 51.1 Å². The van der Waals surface area contributed by atoms with Crippen molar-refractivity contribution < 1.29 is 19.1 Å². The van der Waals surface area contributed by atoms with Gasteiger partial charge in [0.15, 0.2) is 5.09 Å². The average Bonchev–Trinajstić information content (AvgIpc) is 3.02. The maximum absolute atomic E-state index is 10.8. The predicted molar refractivity (Wildman–Crippen MR) is 97.2 cm³/mol. The van der Waals surface area contributed by atoms with Gasteiger partial charge in [-0.2, -0.15) is 0 Å². The SMILES string of the molecule is CN(CC(=O)O)CC1CN(Cc2ccc(Sc3ccccn3)o2)CCO1. The van der Waals surface area contributed by atoms with Crippen LogP contribution in [0.25, 0.3) is 0 Å². The van der Waals surface area contributed by atoms with Crippen LogP contribution in [0.5, 0.6) is 0 Å². The van der Waals surface area contributed by atoms with Gasteiger partial charge in [0.2, 0.25) is 0 Å². The maximum atomic E-state index is 10.8. The summed E-state index contributed by atoms with van der Waals surface area (Å²) < 4.78 is 11.7. The van der Waals surface area contributed by atoms with E-state index >= 15 is 0 Å². The van der Waals surface area contributed by atoms with Crippen molar-refractivity contribution >= 4 is 17.7 Å². The molecule has 1 aliphatic heterocycles. The molecular formula is C18H23N3O4S. The molecule has 3 heterocycles. The number of likely N-dealkylation sites (N-methyl/N-ethyl adjacent to an activating group) is 1. The summed E-state index contributed by atoms with van der Waals surface area (Å²) in [6.45, 7) is 3.57. The Bertz CT molecular complexity index is 709. The standard InChI is InChI=1S/C18H23N3O4S/c1-20(13-17(22)23)10-15-12-21(8-9-24-15)11-14-5-6-18(25-14)26-16-4-2-3-7-19-16/h2-7,15H,8-13H2,1H3,(H,22,23). The molecule has 1 unspecified atom stereocenters. The third-order valence-electron chi connectivity index (χ3n) is 4.00. The summed E-state index contributed by atoms with van der Waals surface area (Å²) in [5.41, 5.74) is 0. The Kier molecular flexibility index (Phi) is 6.67. The fraction of sp³-hybridized carbons (Fsp3) is 0.444. The molecule has 8 heteroatoms. The molecule has 26 heavy (non-hydrogen) atoms. The predicted octanol–water partition coefficient (Wildman–Crippen LogP) is 2.04. The van der Waals surface area contributed by atoms with E-state index in [0.717, 1.165) is 29.0 Å². The number of hydrogen-bond acceptors (Lipinski definition) is 7. The number of carboxylic acids is 1. The van der Waals surface area contributed by atoms with Crippen LogP contribution >= 0.6 is 11.8 Å². The molecule has 2 aromatic heterocycles. The number of nitrogens with zero attached hydrogens (tertiary/aromatic N) is 3. The summed E-state index contributed by atoms with van der Waals surface area (Å²) >= 11 is 1.50. The van der Waals surface area contributed by atoms with Gasteiger partial charge in [-0.25, -0.2) is 4.98 Å². The Labute approximate surface area is 156 Å². The van der Waals surface area contributed by atoms with Crippen molar-refractivity contribution in [2.75, 3.05) is 39.8 Å². The molecule has 0 saturated carbocycles. The van der Waals surface area contributed by atoms with Gasteiger partial charge in [-0.15, -0.1) is 0 Å². The van der Waals surface area contributed by atoms with Gasteiger partial charge >= 0.3 is 5.97 Å². The first-order valence-electron chi connectivity index (χ1n) is 8.50. The number of aliphatic carboxylic acids is 1. The van der Waals surface area contributed by atoms with Crippen molar-refractivity contribution in [1.82, 2.24) is 14.8 Å². The third kappa shape index (κ3) is 5.84. The minimum atomic E-state index is -0.825. The summed E-state index contributed by atoms with van der Waals surface area (Å²) in [6.07, 6.45) is 1.77. The van der Waals surface area contributed by atoms with E-state index in [1.54, 1.807) is 18.1 Å². The van der Waals surface area contributed by atoms with E-state index in [0.29, 0.717) is 19.7 Å². The van der Waals surface area contributed by atoms with Gasteiger partial charge in [0.1, 0.15) is 10.8 Å². The van der Waals surface area contributed by atoms with Gasteiger partial charge < -0.3 is 14.3 Å². The topological polar surface area (TPSA) is 79.0 Å². The van der Waals surface area contributed by atoms with Crippen LogP contribution in [0.1, 0.15) is 5.76 Å². The average molecular weight is 377 g/mol. The summed E-state index contributed by atoms with van der Waals surface area (Å²) in [5.74, 6) is 0.0802. The number of pyridine rings is 1. The van der Waals surface area contributed by atoms with Crippen molar-refractivity contribution in [3.05, 3.63) is 42.3 Å². The smallest absolute Gasteiger partial charge is 0.317 e. The zero-order chi connectivity index (χ0) is 18.4. The van der Waals surface area contributed by atoms with Crippen LogP contribution in [0, 0.1) is 0 Å². The van der Waals surface area contributed by atoms with Gasteiger partial charge in [-0.05, 0) is 43.1 Å². The second kappa shape index (κ2) is 9.18. The molecule has 2 aromatic rings. The fourth-order valence-corrected chi connectivity index (χ4v) is 3.66. The van der Waals surface area contributed by atoms with Crippen molar-refractivity contribution in [2.24, 2.45) is 0 Å². The minimum absolute atomic E-state index is 0.00502.